The van der Waals surface area contributed by atoms with Gasteiger partial charge in [0, 0.05) is 6.07 Å². The fraction of sp³-hybridized carbons (Fsp3) is 0.143. The first-order valence-electron chi connectivity index (χ1n) is 3.02. The molecule has 0 fully saturated rings. The van der Waals surface area contributed by atoms with E-state index in [4.69, 9.17) is 9.76 Å². The van der Waals surface area contributed by atoms with E-state index in [9.17, 15) is 0 Å². The molecule has 1 aromatic carbocycles. The van der Waals surface area contributed by atoms with Crippen molar-refractivity contribution in [1.29, 1.82) is 0 Å². The molecule has 1 radical (unpaired) electrons. The highest BCUT2D eigenvalue weighted by molar-refractivity contribution is 6.45. The van der Waals surface area contributed by atoms with Gasteiger partial charge in [-0.1, -0.05) is 17.6 Å². The van der Waals surface area contributed by atoms with Gasteiger partial charge in [-0.3, -0.25) is 0 Å². The zero-order valence-electron chi connectivity index (χ0n) is 5.79. The smallest absolute Gasteiger partial charge is 0.304 e. The van der Waals surface area contributed by atoms with Gasteiger partial charge in [0.25, 0.3) is 0 Å². The number of rotatable bonds is 2. The molecular formula is C7H8BO2. The van der Waals surface area contributed by atoms with Gasteiger partial charge in [0.05, 0.1) is 7.11 Å². The molecule has 0 heterocycles. The van der Waals surface area contributed by atoms with Gasteiger partial charge >= 0.3 is 7.48 Å². The summed E-state index contributed by atoms with van der Waals surface area (Å²) in [4.78, 5) is 0. The molecule has 0 amide bonds. The molecule has 0 aliphatic carbocycles. The Morgan fingerprint density at radius 3 is 2.80 bits per heavy atom. The van der Waals surface area contributed by atoms with Crippen molar-refractivity contribution in [2.75, 3.05) is 7.11 Å². The maximum atomic E-state index is 8.64. The highest BCUT2D eigenvalue weighted by Crippen LogP contribution is 2.03. The Bertz CT molecular complexity index is 172. The van der Waals surface area contributed by atoms with Crippen LogP contribution in [0.5, 0.6) is 5.75 Å². The summed E-state index contributed by atoms with van der Waals surface area (Å²) in [5.41, 5.74) is 0.848. The summed E-state index contributed by atoms with van der Waals surface area (Å²) in [6.45, 7) is 0. The average molecular weight is 135 g/mol. The fourth-order valence-corrected chi connectivity index (χ4v) is 0.668. The molecule has 1 aromatic rings. The lowest BCUT2D eigenvalue weighted by molar-refractivity contribution is 0.414. The highest BCUT2D eigenvalue weighted by Gasteiger charge is 1.92. The fourth-order valence-electron chi connectivity index (χ4n) is 0.668. The van der Waals surface area contributed by atoms with Gasteiger partial charge in [0.15, 0.2) is 0 Å². The van der Waals surface area contributed by atoms with Crippen molar-refractivity contribution in [2.45, 2.75) is 0 Å². The van der Waals surface area contributed by atoms with Crippen molar-refractivity contribution in [3.05, 3.63) is 24.3 Å². The summed E-state index contributed by atoms with van der Waals surface area (Å²) in [6, 6.07) is 8.13. The topological polar surface area (TPSA) is 29.5 Å². The first-order valence-corrected chi connectivity index (χ1v) is 3.02. The molecule has 51 valence electrons. The van der Waals surface area contributed by atoms with Crippen LogP contribution in [-0.4, -0.2) is 19.6 Å². The van der Waals surface area contributed by atoms with E-state index in [0.717, 1.165) is 5.46 Å². The Morgan fingerprint density at radius 1 is 1.60 bits per heavy atom. The SMILES string of the molecule is COc1[c]cc(BO)cc1. The summed E-state index contributed by atoms with van der Waals surface area (Å²) in [5.74, 6) is 0.692. The summed E-state index contributed by atoms with van der Waals surface area (Å²) in [7, 11) is 1.64. The van der Waals surface area contributed by atoms with E-state index < -0.39 is 0 Å². The Morgan fingerprint density at radius 2 is 2.40 bits per heavy atom. The lowest BCUT2D eigenvalue weighted by Crippen LogP contribution is -2.11. The van der Waals surface area contributed by atoms with Crippen LogP contribution < -0.4 is 10.2 Å². The van der Waals surface area contributed by atoms with E-state index in [1.165, 1.54) is 0 Å². The predicted molar refractivity (Wildman–Crippen MR) is 40.8 cm³/mol. The minimum atomic E-state index is 0.0560. The van der Waals surface area contributed by atoms with Gasteiger partial charge in [-0.15, -0.1) is 0 Å². The predicted octanol–water partition coefficient (Wildman–Crippen LogP) is -0.536. The van der Waals surface area contributed by atoms with Crippen LogP contribution >= 0.6 is 0 Å². The van der Waals surface area contributed by atoms with Crippen LogP contribution in [0.25, 0.3) is 0 Å². The molecular weight excluding hydrogens is 127 g/mol. The van der Waals surface area contributed by atoms with Crippen molar-refractivity contribution in [1.82, 2.24) is 0 Å². The molecule has 0 atom stereocenters. The van der Waals surface area contributed by atoms with Crippen LogP contribution in [0.3, 0.4) is 0 Å². The Balaban J connectivity index is 2.80. The second-order valence-electron chi connectivity index (χ2n) is 1.92. The summed E-state index contributed by atoms with van der Waals surface area (Å²) < 4.78 is 4.88. The Kier molecular flexibility index (Phi) is 2.34. The number of ether oxygens (including phenoxy) is 1. The molecule has 1 N–H and O–H groups in total. The van der Waals surface area contributed by atoms with Crippen LogP contribution in [-0.2, 0) is 0 Å². The maximum absolute atomic E-state index is 8.64. The normalized spacial score (nSPS) is 9.00. The summed E-state index contributed by atoms with van der Waals surface area (Å²) in [6.07, 6.45) is 0. The Hall–Kier alpha value is -0.955. The molecule has 0 aromatic heterocycles. The molecule has 0 aliphatic rings. The van der Waals surface area contributed by atoms with Crippen molar-refractivity contribution in [3.8, 4) is 5.75 Å². The molecule has 3 heteroatoms. The van der Waals surface area contributed by atoms with Crippen LogP contribution in [0.15, 0.2) is 18.2 Å². The molecule has 0 aliphatic heterocycles. The van der Waals surface area contributed by atoms with Crippen molar-refractivity contribution in [3.63, 3.8) is 0 Å². The third-order valence-electron chi connectivity index (χ3n) is 1.25. The highest BCUT2D eigenvalue weighted by atomic mass is 16.5. The van der Waals surface area contributed by atoms with Gasteiger partial charge in [-0.05, 0) is 6.07 Å². The van der Waals surface area contributed by atoms with E-state index in [-0.39, 0.29) is 7.48 Å². The van der Waals surface area contributed by atoms with Crippen molar-refractivity contribution < 1.29 is 9.76 Å². The first kappa shape index (κ1) is 7.16. The van der Waals surface area contributed by atoms with E-state index in [1.54, 1.807) is 25.3 Å². The number of hydrogen-bond donors (Lipinski definition) is 1. The summed E-state index contributed by atoms with van der Waals surface area (Å²) in [5, 5.41) is 8.64. The largest absolute Gasteiger partial charge is 0.496 e. The van der Waals surface area contributed by atoms with E-state index in [2.05, 4.69) is 6.07 Å². The monoisotopic (exact) mass is 135 g/mol. The zero-order chi connectivity index (χ0) is 7.40. The molecule has 0 bridgehead atoms. The van der Waals surface area contributed by atoms with Gasteiger partial charge in [-0.25, -0.2) is 0 Å². The van der Waals surface area contributed by atoms with Gasteiger partial charge < -0.3 is 9.76 Å². The number of benzene rings is 1. The summed E-state index contributed by atoms with van der Waals surface area (Å²) >= 11 is 0. The molecule has 10 heavy (non-hydrogen) atoms. The minimum Gasteiger partial charge on any atom is -0.496 e. The first-order chi connectivity index (χ1) is 4.86. The van der Waals surface area contributed by atoms with E-state index in [1.807, 2.05) is 0 Å². The third kappa shape index (κ3) is 1.51. The van der Waals surface area contributed by atoms with Gasteiger partial charge in [0.1, 0.15) is 5.75 Å². The quantitative estimate of drug-likeness (QED) is 0.552. The van der Waals surface area contributed by atoms with E-state index in [0.29, 0.717) is 5.75 Å². The van der Waals surface area contributed by atoms with Crippen LogP contribution in [0.4, 0.5) is 0 Å². The van der Waals surface area contributed by atoms with Crippen molar-refractivity contribution >= 4 is 12.9 Å². The third-order valence-corrected chi connectivity index (χ3v) is 1.25. The number of hydrogen-bond acceptors (Lipinski definition) is 2. The molecule has 2 nitrogen and oxygen atoms in total. The lowest BCUT2D eigenvalue weighted by Gasteiger charge is -1.97. The molecule has 0 spiro atoms. The minimum absolute atomic E-state index is 0.0560. The second kappa shape index (κ2) is 3.27. The standard InChI is InChI=1S/C7H8BO2/c1-10-7-4-2-6(8-9)3-5-7/h2-4,8-9H,1H3. The van der Waals surface area contributed by atoms with Crippen LogP contribution in [0.2, 0.25) is 0 Å². The zero-order valence-corrected chi connectivity index (χ0v) is 5.79. The van der Waals surface area contributed by atoms with Crippen molar-refractivity contribution in [2.24, 2.45) is 0 Å². The van der Waals surface area contributed by atoms with Gasteiger partial charge in [-0.2, -0.15) is 0 Å². The van der Waals surface area contributed by atoms with Gasteiger partial charge in [0.2, 0.25) is 0 Å². The van der Waals surface area contributed by atoms with E-state index >= 15 is 0 Å². The second-order valence-corrected chi connectivity index (χ2v) is 1.92. The molecule has 0 unspecified atom stereocenters. The molecule has 0 saturated heterocycles. The maximum Gasteiger partial charge on any atom is 0.304 e. The Labute approximate surface area is 60.7 Å². The lowest BCUT2D eigenvalue weighted by atomic mass is 9.89. The molecule has 1 rings (SSSR count). The van der Waals surface area contributed by atoms with Crippen LogP contribution in [0.1, 0.15) is 0 Å². The van der Waals surface area contributed by atoms with Crippen LogP contribution in [0, 0.1) is 6.07 Å². The molecule has 0 saturated carbocycles. The number of methoxy groups -OCH3 is 1. The average Bonchev–Trinajstić information content (AvgIpc) is 2.05.